The summed E-state index contributed by atoms with van der Waals surface area (Å²) in [6, 6.07) is 3.22. The van der Waals surface area contributed by atoms with Crippen molar-refractivity contribution in [3.8, 4) is 5.75 Å². The monoisotopic (exact) mass is 294 g/mol. The van der Waals surface area contributed by atoms with E-state index in [0.29, 0.717) is 5.06 Å². The highest BCUT2D eigenvalue weighted by Gasteiger charge is 2.34. The number of aliphatic hydroxyl groups is 1. The van der Waals surface area contributed by atoms with E-state index in [1.807, 2.05) is 0 Å². The van der Waals surface area contributed by atoms with Crippen LogP contribution in [0.15, 0.2) is 23.4 Å². The maximum absolute atomic E-state index is 11.7. The smallest absolute Gasteiger partial charge is 0.365 e. The molecule has 2 amide bonds. The lowest BCUT2D eigenvalue weighted by Gasteiger charge is -2.16. The van der Waals surface area contributed by atoms with Crippen molar-refractivity contribution in [1.29, 1.82) is 0 Å². The number of hydrogen-bond donors (Lipinski definition) is 2. The Bertz CT molecular complexity index is 612. The molecule has 21 heavy (non-hydrogen) atoms. The molecular weight excluding hydrogens is 284 g/mol. The summed E-state index contributed by atoms with van der Waals surface area (Å²) >= 11 is 0. The Labute approximate surface area is 117 Å². The fraction of sp³-hybridized carbons (Fsp3) is 0.250. The molecule has 1 fully saturated rings. The van der Waals surface area contributed by atoms with Gasteiger partial charge in [0.1, 0.15) is 11.4 Å². The molecular formula is C12H10N2O7. The van der Waals surface area contributed by atoms with Gasteiger partial charge in [0.15, 0.2) is 6.10 Å². The summed E-state index contributed by atoms with van der Waals surface area (Å²) in [5.41, 5.74) is -0.445. The molecule has 1 unspecified atom stereocenters. The van der Waals surface area contributed by atoms with Crippen molar-refractivity contribution < 1.29 is 29.4 Å². The van der Waals surface area contributed by atoms with E-state index in [4.69, 9.17) is 0 Å². The maximum atomic E-state index is 11.7. The summed E-state index contributed by atoms with van der Waals surface area (Å²) in [5, 5.41) is 21.9. The molecule has 1 aromatic carbocycles. The topological polar surface area (TPSA) is 134 Å². The molecule has 1 atom stereocenters. The highest BCUT2D eigenvalue weighted by Crippen LogP contribution is 2.30. The summed E-state index contributed by atoms with van der Waals surface area (Å²) in [6.07, 6.45) is -1.98. The van der Waals surface area contributed by atoms with Crippen molar-refractivity contribution >= 4 is 23.5 Å². The van der Waals surface area contributed by atoms with Gasteiger partial charge in [0.25, 0.3) is 11.8 Å². The van der Waals surface area contributed by atoms with E-state index in [1.165, 1.54) is 6.07 Å². The zero-order valence-corrected chi connectivity index (χ0v) is 10.6. The van der Waals surface area contributed by atoms with E-state index in [0.717, 1.165) is 12.1 Å². The minimum Gasteiger partial charge on any atom is -0.506 e. The van der Waals surface area contributed by atoms with Crippen molar-refractivity contribution in [3.05, 3.63) is 28.7 Å². The third-order valence-corrected chi connectivity index (χ3v) is 2.82. The summed E-state index contributed by atoms with van der Waals surface area (Å²) in [5.74, 6) is -3.04. The third kappa shape index (κ3) is 2.87. The Hall–Kier alpha value is -2.81. The first kappa shape index (κ1) is 14.6. The molecule has 0 bridgehead atoms. The molecule has 2 rings (SSSR count). The first-order valence-electron chi connectivity index (χ1n) is 5.86. The zero-order valence-electron chi connectivity index (χ0n) is 10.6. The predicted octanol–water partition coefficient (Wildman–Crippen LogP) is 0.431. The van der Waals surface area contributed by atoms with Gasteiger partial charge in [0.2, 0.25) is 0 Å². The molecule has 0 aliphatic carbocycles. The lowest BCUT2D eigenvalue weighted by molar-refractivity contribution is -0.203. The van der Waals surface area contributed by atoms with Crippen molar-refractivity contribution in [2.75, 3.05) is 0 Å². The summed E-state index contributed by atoms with van der Waals surface area (Å²) < 4.78 is 0. The number of carbonyl (C=O) groups excluding carboxylic acids is 3. The van der Waals surface area contributed by atoms with Crippen molar-refractivity contribution in [3.63, 3.8) is 0 Å². The molecule has 2 N–H and O–H groups in total. The van der Waals surface area contributed by atoms with Crippen molar-refractivity contribution in [1.82, 2.24) is 5.06 Å². The predicted molar refractivity (Wildman–Crippen MR) is 65.7 cm³/mol. The van der Waals surface area contributed by atoms with Gasteiger partial charge >= 0.3 is 5.97 Å². The van der Waals surface area contributed by atoms with Gasteiger partial charge in [-0.15, -0.1) is 9.97 Å². The molecule has 110 valence electrons. The van der Waals surface area contributed by atoms with Crippen LogP contribution in [0.4, 0.5) is 5.69 Å². The Balaban J connectivity index is 2.14. The van der Waals surface area contributed by atoms with E-state index in [1.54, 1.807) is 0 Å². The van der Waals surface area contributed by atoms with Crippen LogP contribution in [-0.2, 0) is 19.2 Å². The molecule has 0 aromatic heterocycles. The number of benzene rings is 1. The molecule has 0 spiro atoms. The number of rotatable bonds is 4. The number of hydroxylamine groups is 2. The van der Waals surface area contributed by atoms with Crippen molar-refractivity contribution in [2.45, 2.75) is 18.9 Å². The summed E-state index contributed by atoms with van der Waals surface area (Å²) in [4.78, 5) is 49.2. The first-order valence-corrected chi connectivity index (χ1v) is 5.86. The fourth-order valence-electron chi connectivity index (χ4n) is 1.72. The van der Waals surface area contributed by atoms with E-state index in [2.05, 4.69) is 10.0 Å². The van der Waals surface area contributed by atoms with Gasteiger partial charge < -0.3 is 15.1 Å². The lowest BCUT2D eigenvalue weighted by atomic mass is 10.1. The Morgan fingerprint density at radius 1 is 1.29 bits per heavy atom. The van der Waals surface area contributed by atoms with Crippen LogP contribution >= 0.6 is 0 Å². The van der Waals surface area contributed by atoms with Crippen molar-refractivity contribution in [2.24, 2.45) is 5.18 Å². The number of carbonyl (C=O) groups is 3. The summed E-state index contributed by atoms with van der Waals surface area (Å²) in [7, 11) is 0. The lowest BCUT2D eigenvalue weighted by Crippen LogP contribution is -2.34. The first-order chi connectivity index (χ1) is 9.93. The van der Waals surface area contributed by atoms with Crippen LogP contribution in [0.25, 0.3) is 0 Å². The average molecular weight is 294 g/mol. The van der Waals surface area contributed by atoms with Crippen LogP contribution < -0.4 is 0 Å². The fourth-order valence-corrected chi connectivity index (χ4v) is 1.72. The number of amides is 2. The molecule has 1 saturated heterocycles. The van der Waals surface area contributed by atoms with E-state index in [-0.39, 0.29) is 24.1 Å². The zero-order chi connectivity index (χ0) is 15.6. The van der Waals surface area contributed by atoms with E-state index >= 15 is 0 Å². The number of aliphatic hydroxyl groups excluding tert-OH is 1. The van der Waals surface area contributed by atoms with Gasteiger partial charge in [-0.2, -0.15) is 0 Å². The third-order valence-electron chi connectivity index (χ3n) is 2.82. The second-order valence-electron chi connectivity index (χ2n) is 4.23. The van der Waals surface area contributed by atoms with Crippen LogP contribution in [0.5, 0.6) is 5.75 Å². The number of phenolic OH excluding ortho intramolecular Hbond substituents is 1. The van der Waals surface area contributed by atoms with Crippen LogP contribution in [0.1, 0.15) is 24.5 Å². The number of phenols is 1. The summed E-state index contributed by atoms with van der Waals surface area (Å²) in [6.45, 7) is 0. The largest absolute Gasteiger partial charge is 0.506 e. The van der Waals surface area contributed by atoms with Gasteiger partial charge in [0.05, 0.1) is 0 Å². The van der Waals surface area contributed by atoms with Gasteiger partial charge in [-0.3, -0.25) is 9.59 Å². The van der Waals surface area contributed by atoms with Crippen LogP contribution in [0.2, 0.25) is 0 Å². The van der Waals surface area contributed by atoms with Gasteiger partial charge in [-0.05, 0) is 22.9 Å². The number of aromatic hydroxyl groups is 1. The molecule has 9 nitrogen and oxygen atoms in total. The quantitative estimate of drug-likeness (QED) is 0.607. The average Bonchev–Trinajstić information content (AvgIpc) is 2.78. The highest BCUT2D eigenvalue weighted by molar-refractivity contribution is 6.01. The molecule has 0 saturated carbocycles. The second kappa shape index (κ2) is 5.67. The Morgan fingerprint density at radius 2 is 1.90 bits per heavy atom. The second-order valence-corrected chi connectivity index (χ2v) is 4.23. The highest BCUT2D eigenvalue weighted by atomic mass is 16.7. The number of hydrogen-bond acceptors (Lipinski definition) is 8. The molecule has 9 heteroatoms. The molecule has 1 aromatic rings. The molecule has 1 heterocycles. The standard InChI is InChI=1S/C12H10N2O7/c15-8-2-1-6(5-7(8)13-20)11(18)12(19)21-14-9(16)3-4-10(14)17/h1-2,5,11,15,18H,3-4H2. The number of nitrogens with zero attached hydrogens (tertiary/aromatic N) is 2. The van der Waals surface area contributed by atoms with Gasteiger partial charge in [-0.1, -0.05) is 6.07 Å². The van der Waals surface area contributed by atoms with Crippen LogP contribution in [-0.4, -0.2) is 33.1 Å². The Kier molecular flexibility index (Phi) is 3.94. The van der Waals surface area contributed by atoms with Gasteiger partial charge in [0, 0.05) is 12.8 Å². The van der Waals surface area contributed by atoms with Crippen LogP contribution in [0.3, 0.4) is 0 Å². The maximum Gasteiger partial charge on any atom is 0.365 e. The minimum atomic E-state index is -1.84. The Morgan fingerprint density at radius 3 is 2.48 bits per heavy atom. The van der Waals surface area contributed by atoms with E-state index < -0.39 is 29.6 Å². The molecule has 1 aliphatic rings. The minimum absolute atomic E-state index is 0.0688. The number of nitroso groups, excluding NO2 is 1. The SMILES string of the molecule is O=Nc1cc(C(O)C(=O)ON2C(=O)CCC2=O)ccc1O. The molecule has 0 radical (unpaired) electrons. The molecule has 1 aliphatic heterocycles. The normalized spacial score (nSPS) is 16.0. The van der Waals surface area contributed by atoms with Gasteiger partial charge in [-0.25, -0.2) is 4.79 Å². The van der Waals surface area contributed by atoms with Crippen LogP contribution in [0, 0.1) is 4.91 Å². The number of imide groups is 1. The van der Waals surface area contributed by atoms with E-state index in [9.17, 15) is 29.5 Å².